The van der Waals surface area contributed by atoms with Crippen molar-refractivity contribution in [2.75, 3.05) is 39.4 Å². The Balaban J connectivity index is 1.65. The van der Waals surface area contributed by atoms with Gasteiger partial charge in [-0.1, -0.05) is 36.4 Å². The fourth-order valence-corrected chi connectivity index (χ4v) is 3.76. The second-order valence-electron chi connectivity index (χ2n) is 7.82. The lowest BCUT2D eigenvalue weighted by Gasteiger charge is -2.26. The minimum absolute atomic E-state index is 0.00126. The van der Waals surface area contributed by atoms with Crippen molar-refractivity contribution in [3.63, 3.8) is 0 Å². The first-order valence-electron chi connectivity index (χ1n) is 10.7. The van der Waals surface area contributed by atoms with Gasteiger partial charge in [0.2, 0.25) is 6.41 Å². The molecule has 8 heteroatoms. The number of hydrogen-bond donors (Lipinski definition) is 2. The SMILES string of the molecule is CC(=O)C(c1ccc(CN2CCOCC2)cc1)c1ccc(C(=O)NCCN(O)C=O)cc1. The summed E-state index contributed by atoms with van der Waals surface area (Å²) in [6.45, 7) is 5.93. The maximum atomic E-state index is 12.4. The van der Waals surface area contributed by atoms with E-state index in [9.17, 15) is 14.4 Å². The van der Waals surface area contributed by atoms with Crippen molar-refractivity contribution >= 4 is 18.1 Å². The topological polar surface area (TPSA) is 99.2 Å². The van der Waals surface area contributed by atoms with Crippen molar-refractivity contribution in [1.29, 1.82) is 0 Å². The lowest BCUT2D eigenvalue weighted by atomic mass is 9.87. The van der Waals surface area contributed by atoms with Crippen molar-refractivity contribution in [2.24, 2.45) is 0 Å². The molecule has 0 bridgehead atoms. The minimum atomic E-state index is -0.403. The van der Waals surface area contributed by atoms with Crippen molar-refractivity contribution in [2.45, 2.75) is 19.4 Å². The average molecular weight is 440 g/mol. The number of nitrogens with one attached hydrogen (secondary N) is 1. The molecule has 32 heavy (non-hydrogen) atoms. The van der Waals surface area contributed by atoms with Crippen molar-refractivity contribution < 1.29 is 24.3 Å². The zero-order valence-electron chi connectivity index (χ0n) is 18.2. The van der Waals surface area contributed by atoms with Gasteiger partial charge in [0.05, 0.1) is 25.7 Å². The van der Waals surface area contributed by atoms with Crippen molar-refractivity contribution in [3.05, 3.63) is 70.8 Å². The molecule has 1 saturated heterocycles. The molecule has 170 valence electrons. The number of ether oxygens (including phenoxy) is 1. The molecule has 0 saturated carbocycles. The molecule has 8 nitrogen and oxygen atoms in total. The van der Waals surface area contributed by atoms with E-state index in [1.165, 1.54) is 5.56 Å². The van der Waals surface area contributed by atoms with E-state index in [2.05, 4.69) is 22.3 Å². The molecule has 3 rings (SSSR count). The summed E-state index contributed by atoms with van der Waals surface area (Å²) in [5.74, 6) is -0.692. The summed E-state index contributed by atoms with van der Waals surface area (Å²) in [4.78, 5) is 37.4. The Bertz CT molecular complexity index is 908. The van der Waals surface area contributed by atoms with Crippen LogP contribution in [0, 0.1) is 0 Å². The Morgan fingerprint density at radius 3 is 2.25 bits per heavy atom. The smallest absolute Gasteiger partial charge is 0.251 e. The summed E-state index contributed by atoms with van der Waals surface area (Å²) in [5.41, 5.74) is 3.36. The van der Waals surface area contributed by atoms with E-state index < -0.39 is 5.92 Å². The van der Waals surface area contributed by atoms with Crippen LogP contribution < -0.4 is 5.32 Å². The first-order valence-corrected chi connectivity index (χ1v) is 10.7. The highest BCUT2D eigenvalue weighted by Gasteiger charge is 2.20. The fraction of sp³-hybridized carbons (Fsp3) is 0.375. The zero-order chi connectivity index (χ0) is 22.9. The van der Waals surface area contributed by atoms with Crippen LogP contribution in [0.1, 0.15) is 39.9 Å². The molecular formula is C24H29N3O5. The third-order valence-electron chi connectivity index (χ3n) is 5.48. The number of hydrogen-bond acceptors (Lipinski definition) is 6. The molecule has 1 aliphatic rings. The molecule has 2 N–H and O–H groups in total. The fourth-order valence-electron chi connectivity index (χ4n) is 3.76. The molecule has 0 spiro atoms. The van der Waals surface area contributed by atoms with Crippen LogP contribution in [-0.4, -0.2) is 72.7 Å². The highest BCUT2D eigenvalue weighted by atomic mass is 16.5. The Morgan fingerprint density at radius 2 is 1.69 bits per heavy atom. The Hall–Kier alpha value is -3.07. The molecule has 2 aromatic rings. The normalized spacial score (nSPS) is 15.1. The van der Waals surface area contributed by atoms with Crippen LogP contribution in [0.3, 0.4) is 0 Å². The third kappa shape index (κ3) is 6.46. The Kier molecular flexibility index (Phi) is 8.49. The number of amides is 2. The standard InChI is InChI=1S/C24H29N3O5/c1-18(29)23(20-4-2-19(3-5-20)16-26-12-14-32-15-13-26)21-6-8-22(9-7-21)24(30)25-10-11-27(31)17-28/h2-9,17,23,31H,10-16H2,1H3,(H,25,30). The van der Waals surface area contributed by atoms with Gasteiger partial charge in [-0.15, -0.1) is 0 Å². The number of carbonyl (C=O) groups excluding carboxylic acids is 3. The van der Waals surface area contributed by atoms with Crippen LogP contribution in [-0.2, 0) is 20.9 Å². The molecular weight excluding hydrogens is 410 g/mol. The van der Waals surface area contributed by atoms with Gasteiger partial charge in [0, 0.05) is 31.7 Å². The molecule has 0 aromatic heterocycles. The highest BCUT2D eigenvalue weighted by Crippen LogP contribution is 2.26. The monoisotopic (exact) mass is 439 g/mol. The number of nitrogens with zero attached hydrogens (tertiary/aromatic N) is 2. The zero-order valence-corrected chi connectivity index (χ0v) is 18.2. The van der Waals surface area contributed by atoms with Crippen LogP contribution in [0.25, 0.3) is 0 Å². The van der Waals surface area contributed by atoms with E-state index in [1.807, 2.05) is 12.1 Å². The van der Waals surface area contributed by atoms with Gasteiger partial charge < -0.3 is 10.1 Å². The summed E-state index contributed by atoms with van der Waals surface area (Å²) in [7, 11) is 0. The quantitative estimate of drug-likeness (QED) is 0.333. The molecule has 2 aromatic carbocycles. The number of hydroxylamine groups is 2. The van der Waals surface area contributed by atoms with Gasteiger partial charge in [-0.2, -0.15) is 0 Å². The number of ketones is 1. The predicted octanol–water partition coefficient (Wildman–Crippen LogP) is 1.82. The summed E-state index contributed by atoms with van der Waals surface area (Å²) in [6.07, 6.45) is 0.276. The largest absolute Gasteiger partial charge is 0.379 e. The molecule has 0 aliphatic carbocycles. The lowest BCUT2D eigenvalue weighted by Crippen LogP contribution is -2.35. The first-order chi connectivity index (χ1) is 15.5. The number of benzene rings is 2. The minimum Gasteiger partial charge on any atom is -0.379 e. The first kappa shape index (κ1) is 23.6. The highest BCUT2D eigenvalue weighted by molar-refractivity contribution is 5.94. The molecule has 1 atom stereocenters. The van der Waals surface area contributed by atoms with Crippen LogP contribution in [0.4, 0.5) is 0 Å². The van der Waals surface area contributed by atoms with Gasteiger partial charge in [0.1, 0.15) is 5.78 Å². The third-order valence-corrected chi connectivity index (χ3v) is 5.48. The van der Waals surface area contributed by atoms with Gasteiger partial charge in [-0.25, -0.2) is 5.06 Å². The summed E-state index contributed by atoms with van der Waals surface area (Å²) >= 11 is 0. The van der Waals surface area contributed by atoms with E-state index >= 15 is 0 Å². The van der Waals surface area contributed by atoms with Crippen LogP contribution in [0.15, 0.2) is 48.5 Å². The van der Waals surface area contributed by atoms with Crippen molar-refractivity contribution in [3.8, 4) is 0 Å². The molecule has 1 fully saturated rings. The number of carbonyl (C=O) groups is 3. The maximum Gasteiger partial charge on any atom is 0.251 e. The maximum absolute atomic E-state index is 12.4. The molecule has 1 aliphatic heterocycles. The van der Waals surface area contributed by atoms with Crippen LogP contribution in [0.2, 0.25) is 0 Å². The Morgan fingerprint density at radius 1 is 1.09 bits per heavy atom. The van der Waals surface area contributed by atoms with Crippen molar-refractivity contribution in [1.82, 2.24) is 15.3 Å². The van der Waals surface area contributed by atoms with E-state index in [0.29, 0.717) is 10.6 Å². The molecule has 0 radical (unpaired) electrons. The number of Topliss-reactive ketones (excluding diaryl/α,β-unsaturated/α-hetero) is 1. The van der Waals surface area contributed by atoms with Gasteiger partial charge in [-0.3, -0.25) is 24.5 Å². The molecule has 2 amide bonds. The van der Waals surface area contributed by atoms with Gasteiger partial charge in [0.15, 0.2) is 0 Å². The number of morpholine rings is 1. The summed E-state index contributed by atoms with van der Waals surface area (Å²) in [5, 5.41) is 12.2. The predicted molar refractivity (Wildman–Crippen MR) is 118 cm³/mol. The lowest BCUT2D eigenvalue weighted by molar-refractivity contribution is -0.149. The summed E-state index contributed by atoms with van der Waals surface area (Å²) in [6, 6.07) is 15.0. The Labute approximate surface area is 187 Å². The van der Waals surface area contributed by atoms with E-state index in [4.69, 9.17) is 9.94 Å². The second kappa shape index (κ2) is 11.5. The van der Waals surface area contributed by atoms with Gasteiger partial charge >= 0.3 is 0 Å². The van der Waals surface area contributed by atoms with Crippen LogP contribution >= 0.6 is 0 Å². The van der Waals surface area contributed by atoms with Gasteiger partial charge in [-0.05, 0) is 35.7 Å². The van der Waals surface area contributed by atoms with E-state index in [-0.39, 0.29) is 31.2 Å². The second-order valence-corrected chi connectivity index (χ2v) is 7.82. The molecule has 1 heterocycles. The van der Waals surface area contributed by atoms with Crippen LogP contribution in [0.5, 0.6) is 0 Å². The summed E-state index contributed by atoms with van der Waals surface area (Å²) < 4.78 is 5.39. The average Bonchev–Trinajstić information content (AvgIpc) is 2.81. The van der Waals surface area contributed by atoms with E-state index in [1.54, 1.807) is 31.2 Å². The van der Waals surface area contributed by atoms with Gasteiger partial charge in [0.25, 0.3) is 5.91 Å². The molecule has 1 unspecified atom stereocenters. The number of rotatable bonds is 10. The van der Waals surface area contributed by atoms with E-state index in [0.717, 1.165) is 44.0 Å².